The summed E-state index contributed by atoms with van der Waals surface area (Å²) in [5, 5.41) is 0. The molecule has 1 aliphatic heterocycles. The molecule has 0 radical (unpaired) electrons. The highest BCUT2D eigenvalue weighted by molar-refractivity contribution is 5.76. The van der Waals surface area contributed by atoms with E-state index in [-0.39, 0.29) is 17.4 Å². The van der Waals surface area contributed by atoms with E-state index in [1.165, 1.54) is 0 Å². The Morgan fingerprint density at radius 3 is 2.41 bits per heavy atom. The maximum atomic E-state index is 12.0. The molecule has 100 valence electrons. The Morgan fingerprint density at radius 1 is 1.35 bits per heavy atom. The first kappa shape index (κ1) is 14.5. The Bertz CT molecular complexity index is 240. The van der Waals surface area contributed by atoms with Gasteiger partial charge in [-0.1, -0.05) is 20.8 Å². The van der Waals surface area contributed by atoms with Gasteiger partial charge in [0.2, 0.25) is 5.91 Å². The number of hydrogen-bond donors (Lipinski definition) is 1. The van der Waals surface area contributed by atoms with Gasteiger partial charge in [-0.3, -0.25) is 4.79 Å². The van der Waals surface area contributed by atoms with E-state index >= 15 is 0 Å². The molecule has 1 saturated heterocycles. The smallest absolute Gasteiger partial charge is 0.223 e. The summed E-state index contributed by atoms with van der Waals surface area (Å²) < 4.78 is 5.60. The van der Waals surface area contributed by atoms with Crippen molar-refractivity contribution in [2.45, 2.75) is 46.1 Å². The highest BCUT2D eigenvalue weighted by Gasteiger charge is 2.25. The predicted molar refractivity (Wildman–Crippen MR) is 68.7 cm³/mol. The first-order valence-corrected chi connectivity index (χ1v) is 6.52. The number of nitrogens with zero attached hydrogens (tertiary/aromatic N) is 1. The third-order valence-electron chi connectivity index (χ3n) is 2.95. The molecule has 1 heterocycles. The molecule has 0 aromatic carbocycles. The van der Waals surface area contributed by atoms with Crippen LogP contribution in [0, 0.1) is 5.41 Å². The van der Waals surface area contributed by atoms with Crippen molar-refractivity contribution >= 4 is 5.91 Å². The van der Waals surface area contributed by atoms with Gasteiger partial charge in [0.1, 0.15) is 0 Å². The molecule has 1 aliphatic rings. The van der Waals surface area contributed by atoms with Crippen LogP contribution in [-0.2, 0) is 9.53 Å². The van der Waals surface area contributed by atoms with Crippen molar-refractivity contribution < 1.29 is 9.53 Å². The van der Waals surface area contributed by atoms with Crippen LogP contribution in [0.4, 0.5) is 0 Å². The number of ether oxygens (including phenoxy) is 1. The minimum atomic E-state index is 0.0734. The molecule has 0 bridgehead atoms. The molecule has 0 aromatic rings. The van der Waals surface area contributed by atoms with Crippen LogP contribution in [0.3, 0.4) is 0 Å². The maximum Gasteiger partial charge on any atom is 0.223 e. The summed E-state index contributed by atoms with van der Waals surface area (Å²) >= 11 is 0. The summed E-state index contributed by atoms with van der Waals surface area (Å²) in [4.78, 5) is 14.0. The first-order valence-electron chi connectivity index (χ1n) is 6.52. The van der Waals surface area contributed by atoms with Crippen LogP contribution in [0.25, 0.3) is 0 Å². The van der Waals surface area contributed by atoms with Gasteiger partial charge in [0.15, 0.2) is 0 Å². The van der Waals surface area contributed by atoms with Crippen molar-refractivity contribution in [3.8, 4) is 0 Å². The van der Waals surface area contributed by atoms with Crippen molar-refractivity contribution in [1.29, 1.82) is 0 Å². The number of likely N-dealkylation sites (tertiary alicyclic amines) is 1. The Morgan fingerprint density at radius 2 is 1.94 bits per heavy atom. The minimum absolute atomic E-state index is 0.0734. The van der Waals surface area contributed by atoms with E-state index in [0.29, 0.717) is 19.6 Å². The normalized spacial score (nSPS) is 18.5. The van der Waals surface area contributed by atoms with Gasteiger partial charge >= 0.3 is 0 Å². The van der Waals surface area contributed by atoms with Crippen LogP contribution in [0.1, 0.15) is 40.0 Å². The first-order chi connectivity index (χ1) is 7.92. The summed E-state index contributed by atoms with van der Waals surface area (Å²) in [5.74, 6) is 0.273. The van der Waals surface area contributed by atoms with Crippen molar-refractivity contribution in [3.63, 3.8) is 0 Å². The molecule has 4 nitrogen and oxygen atoms in total. The van der Waals surface area contributed by atoms with Crippen LogP contribution in [0.15, 0.2) is 0 Å². The fourth-order valence-corrected chi connectivity index (χ4v) is 2.07. The molecule has 2 N–H and O–H groups in total. The minimum Gasteiger partial charge on any atom is -0.377 e. The number of hydrogen-bond acceptors (Lipinski definition) is 3. The third kappa shape index (κ3) is 5.50. The van der Waals surface area contributed by atoms with Crippen LogP contribution in [-0.4, -0.2) is 43.2 Å². The lowest BCUT2D eigenvalue weighted by Crippen LogP contribution is -2.42. The number of rotatable bonds is 4. The Balaban J connectivity index is 2.29. The van der Waals surface area contributed by atoms with E-state index in [1.54, 1.807) is 0 Å². The third-order valence-corrected chi connectivity index (χ3v) is 2.95. The average Bonchev–Trinajstić information content (AvgIpc) is 2.24. The van der Waals surface area contributed by atoms with Crippen LogP contribution in [0.5, 0.6) is 0 Å². The van der Waals surface area contributed by atoms with Gasteiger partial charge in [-0.2, -0.15) is 0 Å². The second-order valence-electron chi connectivity index (χ2n) is 5.98. The molecule has 4 heteroatoms. The molecule has 0 spiro atoms. The van der Waals surface area contributed by atoms with Gasteiger partial charge in [-0.05, 0) is 18.3 Å². The van der Waals surface area contributed by atoms with Crippen LogP contribution in [0.2, 0.25) is 0 Å². The molecule has 1 amide bonds. The Kier molecular flexibility index (Phi) is 5.40. The van der Waals surface area contributed by atoms with Crippen molar-refractivity contribution in [2.75, 3.05) is 26.2 Å². The molecule has 0 aliphatic carbocycles. The average molecular weight is 242 g/mol. The van der Waals surface area contributed by atoms with Gasteiger partial charge in [-0.15, -0.1) is 0 Å². The quantitative estimate of drug-likeness (QED) is 0.810. The van der Waals surface area contributed by atoms with E-state index in [2.05, 4.69) is 20.8 Å². The highest BCUT2D eigenvalue weighted by Crippen LogP contribution is 2.22. The van der Waals surface area contributed by atoms with E-state index in [1.807, 2.05) is 4.90 Å². The summed E-state index contributed by atoms with van der Waals surface area (Å²) in [6, 6.07) is 0. The standard InChI is InChI=1S/C13H26N2O2/c1-13(2,3)10-12(16)15-7-4-11(5-8-15)17-9-6-14/h11H,4-10,14H2,1-3H3. The van der Waals surface area contributed by atoms with Gasteiger partial charge in [0.25, 0.3) is 0 Å². The lowest BCUT2D eigenvalue weighted by Gasteiger charge is -2.33. The van der Waals surface area contributed by atoms with Crippen molar-refractivity contribution in [2.24, 2.45) is 11.1 Å². The predicted octanol–water partition coefficient (Wildman–Crippen LogP) is 1.39. The molecule has 1 fully saturated rings. The number of carbonyl (C=O) groups is 1. The van der Waals surface area contributed by atoms with Gasteiger partial charge in [0.05, 0.1) is 12.7 Å². The van der Waals surface area contributed by atoms with E-state index in [0.717, 1.165) is 25.9 Å². The lowest BCUT2D eigenvalue weighted by atomic mass is 9.91. The molecule has 17 heavy (non-hydrogen) atoms. The summed E-state index contributed by atoms with van der Waals surface area (Å²) in [6.45, 7) is 9.14. The number of piperidine rings is 1. The largest absolute Gasteiger partial charge is 0.377 e. The number of carbonyl (C=O) groups excluding carboxylic acids is 1. The molecule has 0 aromatic heterocycles. The van der Waals surface area contributed by atoms with E-state index in [9.17, 15) is 4.79 Å². The monoisotopic (exact) mass is 242 g/mol. The van der Waals surface area contributed by atoms with Crippen LogP contribution < -0.4 is 5.73 Å². The summed E-state index contributed by atoms with van der Waals surface area (Å²) in [5.41, 5.74) is 5.47. The van der Waals surface area contributed by atoms with Gasteiger partial charge < -0.3 is 15.4 Å². The second-order valence-corrected chi connectivity index (χ2v) is 5.98. The topological polar surface area (TPSA) is 55.6 Å². The number of amides is 1. The van der Waals surface area contributed by atoms with E-state index in [4.69, 9.17) is 10.5 Å². The molecule has 1 rings (SSSR count). The molecular formula is C13H26N2O2. The Hall–Kier alpha value is -0.610. The number of nitrogens with two attached hydrogens (primary N) is 1. The zero-order chi connectivity index (χ0) is 12.9. The van der Waals surface area contributed by atoms with Gasteiger partial charge in [0, 0.05) is 26.1 Å². The highest BCUT2D eigenvalue weighted by atomic mass is 16.5. The lowest BCUT2D eigenvalue weighted by molar-refractivity contribution is -0.135. The van der Waals surface area contributed by atoms with Gasteiger partial charge in [-0.25, -0.2) is 0 Å². The zero-order valence-corrected chi connectivity index (χ0v) is 11.4. The summed E-state index contributed by atoms with van der Waals surface area (Å²) in [6.07, 6.45) is 2.80. The molecule has 0 unspecified atom stereocenters. The molecule has 0 saturated carbocycles. The van der Waals surface area contributed by atoms with Crippen molar-refractivity contribution in [3.05, 3.63) is 0 Å². The summed E-state index contributed by atoms with van der Waals surface area (Å²) in [7, 11) is 0. The SMILES string of the molecule is CC(C)(C)CC(=O)N1CCC(OCCN)CC1. The second kappa shape index (κ2) is 6.36. The molecular weight excluding hydrogens is 216 g/mol. The zero-order valence-electron chi connectivity index (χ0n) is 11.4. The Labute approximate surface area is 104 Å². The van der Waals surface area contributed by atoms with Crippen LogP contribution >= 0.6 is 0 Å². The van der Waals surface area contributed by atoms with Crippen molar-refractivity contribution in [1.82, 2.24) is 4.90 Å². The van der Waals surface area contributed by atoms with E-state index < -0.39 is 0 Å². The fourth-order valence-electron chi connectivity index (χ4n) is 2.07. The molecule has 0 atom stereocenters. The fraction of sp³-hybridized carbons (Fsp3) is 0.923. The maximum absolute atomic E-state index is 12.0.